The lowest BCUT2D eigenvalue weighted by Gasteiger charge is -2.05. The van der Waals surface area contributed by atoms with Gasteiger partial charge in [-0.1, -0.05) is 44.9 Å². The standard InChI is InChI=1S/C6H12.C4H4O2/c1-2-4-6-5-3-1;1-3-6-4(2)5/h1-6H2;1H,2H3. The van der Waals surface area contributed by atoms with Gasteiger partial charge in [0.15, 0.2) is 0 Å². The number of hydrogen-bond donors (Lipinski definition) is 0. The van der Waals surface area contributed by atoms with Crippen molar-refractivity contribution >= 4 is 5.97 Å². The van der Waals surface area contributed by atoms with E-state index in [1.54, 1.807) is 6.11 Å². The van der Waals surface area contributed by atoms with Gasteiger partial charge in [0.25, 0.3) is 0 Å². The zero-order valence-corrected chi connectivity index (χ0v) is 7.64. The first-order valence-electron chi connectivity index (χ1n) is 4.40. The van der Waals surface area contributed by atoms with Gasteiger partial charge < -0.3 is 4.74 Å². The fourth-order valence-electron chi connectivity index (χ4n) is 1.14. The van der Waals surface area contributed by atoms with Crippen LogP contribution in [0.4, 0.5) is 0 Å². The van der Waals surface area contributed by atoms with Crippen molar-refractivity contribution < 1.29 is 9.53 Å². The predicted molar refractivity (Wildman–Crippen MR) is 48.3 cm³/mol. The lowest BCUT2D eigenvalue weighted by atomic mass is 10.0. The Bertz CT molecular complexity index is 140. The fourth-order valence-corrected chi connectivity index (χ4v) is 1.14. The molecular weight excluding hydrogens is 152 g/mol. The Morgan fingerprint density at radius 1 is 1.17 bits per heavy atom. The SMILES string of the molecule is C#COC(C)=O.C1CCCCC1. The van der Waals surface area contributed by atoms with Crippen molar-refractivity contribution in [1.29, 1.82) is 0 Å². The summed E-state index contributed by atoms with van der Waals surface area (Å²) >= 11 is 0. The molecule has 0 atom stereocenters. The third-order valence-corrected chi connectivity index (χ3v) is 1.70. The second-order valence-electron chi connectivity index (χ2n) is 2.83. The Hall–Kier alpha value is -0.970. The van der Waals surface area contributed by atoms with Gasteiger partial charge in [0.2, 0.25) is 0 Å². The first-order valence-corrected chi connectivity index (χ1v) is 4.40. The van der Waals surface area contributed by atoms with Gasteiger partial charge in [0.1, 0.15) is 6.11 Å². The maximum atomic E-state index is 9.68. The molecule has 0 radical (unpaired) electrons. The van der Waals surface area contributed by atoms with E-state index in [0.717, 1.165) is 0 Å². The zero-order valence-electron chi connectivity index (χ0n) is 7.64. The predicted octanol–water partition coefficient (Wildman–Crippen LogP) is 2.48. The van der Waals surface area contributed by atoms with E-state index in [1.807, 2.05) is 0 Å². The van der Waals surface area contributed by atoms with E-state index < -0.39 is 5.97 Å². The highest BCUT2D eigenvalue weighted by Crippen LogP contribution is 2.15. The number of carbonyl (C=O) groups excluding carboxylic acids is 1. The number of carbonyl (C=O) groups is 1. The van der Waals surface area contributed by atoms with E-state index in [9.17, 15) is 4.79 Å². The maximum absolute atomic E-state index is 9.68. The monoisotopic (exact) mass is 168 g/mol. The van der Waals surface area contributed by atoms with Crippen LogP contribution in [0.15, 0.2) is 0 Å². The number of rotatable bonds is 0. The molecule has 0 heterocycles. The molecule has 0 N–H and O–H groups in total. The largest absolute Gasteiger partial charge is 0.373 e. The highest BCUT2D eigenvalue weighted by atomic mass is 16.5. The van der Waals surface area contributed by atoms with Crippen LogP contribution in [-0.4, -0.2) is 5.97 Å². The lowest BCUT2D eigenvalue weighted by molar-refractivity contribution is -0.134. The minimum absolute atomic E-state index is 0.447. The fraction of sp³-hybridized carbons (Fsp3) is 0.700. The molecule has 1 fully saturated rings. The summed E-state index contributed by atoms with van der Waals surface area (Å²) in [5.74, 6) is -0.447. The molecular formula is C10H16O2. The van der Waals surface area contributed by atoms with Crippen LogP contribution in [0.25, 0.3) is 0 Å². The van der Waals surface area contributed by atoms with Crippen molar-refractivity contribution in [2.45, 2.75) is 45.4 Å². The summed E-state index contributed by atoms with van der Waals surface area (Å²) < 4.78 is 3.93. The number of esters is 1. The second-order valence-corrected chi connectivity index (χ2v) is 2.83. The van der Waals surface area contributed by atoms with Crippen molar-refractivity contribution in [2.24, 2.45) is 0 Å². The summed E-state index contributed by atoms with van der Waals surface area (Å²) in [5.41, 5.74) is 0. The van der Waals surface area contributed by atoms with Gasteiger partial charge in [-0.25, -0.2) is 0 Å². The second kappa shape index (κ2) is 8.13. The van der Waals surface area contributed by atoms with Crippen molar-refractivity contribution in [1.82, 2.24) is 0 Å². The molecule has 1 saturated carbocycles. The Labute approximate surface area is 74.3 Å². The van der Waals surface area contributed by atoms with Crippen LogP contribution < -0.4 is 0 Å². The smallest absolute Gasteiger partial charge is 0.316 e. The normalized spacial score (nSPS) is 15.0. The number of hydrogen-bond acceptors (Lipinski definition) is 2. The van der Waals surface area contributed by atoms with Crippen molar-refractivity contribution in [2.75, 3.05) is 0 Å². The molecule has 0 spiro atoms. The first kappa shape index (κ1) is 11.0. The molecule has 0 bridgehead atoms. The van der Waals surface area contributed by atoms with Crippen LogP contribution in [0.5, 0.6) is 0 Å². The molecule has 0 amide bonds. The Morgan fingerprint density at radius 2 is 1.50 bits per heavy atom. The van der Waals surface area contributed by atoms with Crippen molar-refractivity contribution in [3.8, 4) is 12.5 Å². The Kier molecular flexibility index (Phi) is 7.47. The summed E-state index contributed by atoms with van der Waals surface area (Å²) in [7, 11) is 0. The zero-order chi connectivity index (χ0) is 9.23. The molecule has 0 aliphatic heterocycles. The van der Waals surface area contributed by atoms with E-state index in [-0.39, 0.29) is 0 Å². The summed E-state index contributed by atoms with van der Waals surface area (Å²) in [4.78, 5) is 9.68. The van der Waals surface area contributed by atoms with Gasteiger partial charge in [-0.15, -0.1) is 0 Å². The highest BCUT2D eigenvalue weighted by Gasteiger charge is 1.95. The molecule has 2 nitrogen and oxygen atoms in total. The third kappa shape index (κ3) is 9.03. The Morgan fingerprint density at radius 3 is 1.58 bits per heavy atom. The van der Waals surface area contributed by atoms with E-state index in [4.69, 9.17) is 0 Å². The van der Waals surface area contributed by atoms with Crippen LogP contribution in [0, 0.1) is 12.5 Å². The van der Waals surface area contributed by atoms with Crippen LogP contribution in [-0.2, 0) is 9.53 Å². The molecule has 0 aromatic rings. The summed E-state index contributed by atoms with van der Waals surface area (Å²) in [6.07, 6.45) is 15.3. The van der Waals surface area contributed by atoms with Crippen LogP contribution in [0.1, 0.15) is 45.4 Å². The molecule has 1 aliphatic rings. The Balaban J connectivity index is 0.000000202. The third-order valence-electron chi connectivity index (χ3n) is 1.70. The van der Waals surface area contributed by atoms with Gasteiger partial charge >= 0.3 is 5.97 Å². The average molecular weight is 168 g/mol. The van der Waals surface area contributed by atoms with E-state index in [2.05, 4.69) is 11.2 Å². The molecule has 68 valence electrons. The van der Waals surface area contributed by atoms with E-state index in [1.165, 1.54) is 45.4 Å². The summed E-state index contributed by atoms with van der Waals surface area (Å²) in [6, 6.07) is 0. The highest BCUT2D eigenvalue weighted by molar-refractivity contribution is 5.67. The van der Waals surface area contributed by atoms with Crippen LogP contribution in [0.3, 0.4) is 0 Å². The summed E-state index contributed by atoms with van der Waals surface area (Å²) in [5, 5.41) is 0. The molecule has 1 aliphatic carbocycles. The molecule has 0 saturated heterocycles. The van der Waals surface area contributed by atoms with Gasteiger partial charge in [-0.05, 0) is 0 Å². The maximum Gasteiger partial charge on any atom is 0.316 e. The van der Waals surface area contributed by atoms with Gasteiger partial charge in [0.05, 0.1) is 0 Å². The summed E-state index contributed by atoms with van der Waals surface area (Å²) in [6.45, 7) is 1.25. The molecule has 0 aromatic carbocycles. The van der Waals surface area contributed by atoms with Crippen LogP contribution >= 0.6 is 0 Å². The van der Waals surface area contributed by atoms with E-state index >= 15 is 0 Å². The minimum Gasteiger partial charge on any atom is -0.373 e. The van der Waals surface area contributed by atoms with E-state index in [0.29, 0.717) is 0 Å². The molecule has 0 unspecified atom stereocenters. The lowest BCUT2D eigenvalue weighted by Crippen LogP contribution is -1.88. The van der Waals surface area contributed by atoms with Crippen molar-refractivity contribution in [3.05, 3.63) is 0 Å². The van der Waals surface area contributed by atoms with Gasteiger partial charge in [0, 0.05) is 6.92 Å². The molecule has 12 heavy (non-hydrogen) atoms. The van der Waals surface area contributed by atoms with Crippen LogP contribution in [0.2, 0.25) is 0 Å². The first-order chi connectivity index (χ1) is 5.77. The average Bonchev–Trinajstić information content (AvgIpc) is 2.08. The quantitative estimate of drug-likeness (QED) is 0.410. The number of terminal acetylenes is 1. The minimum atomic E-state index is -0.447. The van der Waals surface area contributed by atoms with Crippen molar-refractivity contribution in [3.63, 3.8) is 0 Å². The number of ether oxygens (including phenoxy) is 1. The molecule has 0 aromatic heterocycles. The molecule has 1 rings (SSSR count). The molecule has 2 heteroatoms. The van der Waals surface area contributed by atoms with Gasteiger partial charge in [-0.3, -0.25) is 4.79 Å². The topological polar surface area (TPSA) is 26.3 Å². The van der Waals surface area contributed by atoms with Gasteiger partial charge in [-0.2, -0.15) is 0 Å².